The van der Waals surface area contributed by atoms with Crippen LogP contribution in [0.2, 0.25) is 0 Å². The highest BCUT2D eigenvalue weighted by atomic mass is 16.6. The van der Waals surface area contributed by atoms with Crippen LogP contribution in [0.4, 0.5) is 4.79 Å². The highest BCUT2D eigenvalue weighted by Gasteiger charge is 2.41. The van der Waals surface area contributed by atoms with E-state index in [2.05, 4.69) is 56.1 Å². The first-order valence-electron chi connectivity index (χ1n) is 19.3. The second-order valence-electron chi connectivity index (χ2n) is 18.1. The molecule has 6 N–H and O–H groups in total. The minimum atomic E-state index is -0.537. The number of aliphatic hydroxyl groups is 1. The number of ether oxygens (including phenoxy) is 2. The number of aliphatic hydroxyl groups excluding tert-OH is 1. The first-order chi connectivity index (χ1) is 25.4. The van der Waals surface area contributed by atoms with Crippen molar-refractivity contribution < 1.29 is 24.2 Å². The van der Waals surface area contributed by atoms with Crippen LogP contribution in [0.25, 0.3) is 0 Å². The number of aliphatic imine (C=N–C) groups is 2. The molecule has 2 saturated carbocycles. The molecule has 0 radical (unpaired) electrons. The standard InChI is InChI=1S/C31H46N6O3.C5H11NO.C5H12.C2H4O/c1-20(27(15-21-7-8-21)35-28(16-32)37-18-24-13-14-26(33)25(24)19-37)39-29(34-5)23-11-9-22(10-12-23)17-36(6)30(38)40-31(2,3)4;1-5(2,3)6-4-7;1-5(2,3)4;1-2-3/h9-12,16,21,24-26H,1,7-8,13-15,17-19,32-33H2,2-6H3;4H,1-3H3,(H,6,7);1-4H3;2-3H,1H2/b28-16+,34-29?,35-27+;;;. The maximum Gasteiger partial charge on any atom is 0.410 e. The van der Waals surface area contributed by atoms with Crippen molar-refractivity contribution in [2.24, 2.45) is 44.6 Å². The molecule has 3 aliphatic rings. The Balaban J connectivity index is 0.000000855. The van der Waals surface area contributed by atoms with Crippen LogP contribution in [-0.2, 0) is 20.8 Å². The van der Waals surface area contributed by atoms with Gasteiger partial charge in [0.15, 0.2) is 0 Å². The second kappa shape index (κ2) is 22.3. The molecule has 0 aromatic heterocycles. The predicted octanol–water partition coefficient (Wildman–Crippen LogP) is 7.90. The van der Waals surface area contributed by atoms with Crippen LogP contribution in [0.1, 0.15) is 112 Å². The van der Waals surface area contributed by atoms with Crippen molar-refractivity contribution in [3.8, 4) is 0 Å². The number of benzene rings is 1. The summed E-state index contributed by atoms with van der Waals surface area (Å²) in [5.41, 5.74) is 14.9. The molecule has 3 fully saturated rings. The monoisotopic (exact) mass is 768 g/mol. The molecule has 2 aliphatic carbocycles. The summed E-state index contributed by atoms with van der Waals surface area (Å²) in [6, 6.07) is 8.04. The molecule has 1 aromatic rings. The molecule has 2 amide bonds. The highest BCUT2D eigenvalue weighted by molar-refractivity contribution is 6.03. The fourth-order valence-electron chi connectivity index (χ4n) is 5.68. The maximum atomic E-state index is 12.3. The van der Waals surface area contributed by atoms with Crippen molar-refractivity contribution in [1.29, 1.82) is 0 Å². The molecule has 310 valence electrons. The van der Waals surface area contributed by atoms with E-state index in [1.54, 1.807) is 25.2 Å². The van der Waals surface area contributed by atoms with Crippen molar-refractivity contribution in [3.05, 3.63) is 72.6 Å². The second-order valence-corrected chi connectivity index (χ2v) is 18.1. The first kappa shape index (κ1) is 48.7. The largest absolute Gasteiger partial charge is 0.516 e. The van der Waals surface area contributed by atoms with Gasteiger partial charge >= 0.3 is 6.09 Å². The number of allylic oxidation sites excluding steroid dienone is 1. The quantitative estimate of drug-likeness (QED) is 0.0807. The van der Waals surface area contributed by atoms with Crippen LogP contribution in [0.5, 0.6) is 0 Å². The molecule has 0 spiro atoms. The highest BCUT2D eigenvalue weighted by Crippen LogP contribution is 2.39. The third kappa shape index (κ3) is 20.3. The van der Waals surface area contributed by atoms with Gasteiger partial charge in [0.2, 0.25) is 12.3 Å². The van der Waals surface area contributed by atoms with Gasteiger partial charge in [0.25, 0.3) is 0 Å². The van der Waals surface area contributed by atoms with E-state index >= 15 is 0 Å². The lowest BCUT2D eigenvalue weighted by atomic mass is 9.98. The van der Waals surface area contributed by atoms with Gasteiger partial charge in [-0.25, -0.2) is 9.79 Å². The van der Waals surface area contributed by atoms with Gasteiger partial charge in [-0.05, 0) is 115 Å². The van der Waals surface area contributed by atoms with E-state index in [0.29, 0.717) is 47.8 Å². The number of fused-ring (bicyclic) bond motifs is 1. The minimum Gasteiger partial charge on any atom is -0.516 e. The van der Waals surface area contributed by atoms with E-state index in [1.807, 2.05) is 65.8 Å². The topological polar surface area (TPSA) is 168 Å². The molecule has 0 bridgehead atoms. The minimum absolute atomic E-state index is 0.0677. The summed E-state index contributed by atoms with van der Waals surface area (Å²) in [6.07, 6.45) is 8.13. The van der Waals surface area contributed by atoms with E-state index in [0.717, 1.165) is 54.9 Å². The summed E-state index contributed by atoms with van der Waals surface area (Å²) in [5, 5.41) is 9.94. The zero-order chi connectivity index (χ0) is 42.1. The van der Waals surface area contributed by atoms with Gasteiger partial charge < -0.3 is 41.2 Å². The van der Waals surface area contributed by atoms with E-state index in [4.69, 9.17) is 31.0 Å². The summed E-state index contributed by atoms with van der Waals surface area (Å²) in [4.78, 5) is 35.2. The molecular weight excluding hydrogens is 695 g/mol. The van der Waals surface area contributed by atoms with E-state index in [-0.39, 0.29) is 17.7 Å². The number of nitrogens with one attached hydrogen (secondary N) is 1. The molecule has 1 aromatic carbocycles. The van der Waals surface area contributed by atoms with Crippen molar-refractivity contribution in [2.75, 3.05) is 27.2 Å². The number of carbonyl (C=O) groups excluding carboxylic acids is 2. The van der Waals surface area contributed by atoms with Crippen LogP contribution >= 0.6 is 0 Å². The van der Waals surface area contributed by atoms with Gasteiger partial charge in [-0.15, -0.1) is 0 Å². The predicted molar refractivity (Wildman–Crippen MR) is 227 cm³/mol. The number of carbonyl (C=O) groups is 2. The Bertz CT molecular complexity index is 1460. The number of nitrogens with zero attached hydrogens (tertiary/aromatic N) is 4. The number of amides is 2. The molecule has 1 heterocycles. The Kier molecular flexibility index (Phi) is 19.7. The van der Waals surface area contributed by atoms with Gasteiger partial charge in [-0.1, -0.05) is 53.0 Å². The zero-order valence-electron chi connectivity index (χ0n) is 35.9. The first-order valence-corrected chi connectivity index (χ1v) is 19.3. The van der Waals surface area contributed by atoms with Crippen molar-refractivity contribution in [1.82, 2.24) is 15.1 Å². The van der Waals surface area contributed by atoms with Gasteiger partial charge in [0.1, 0.15) is 17.2 Å². The average Bonchev–Trinajstić information content (AvgIpc) is 3.67. The molecular formula is C43H73N7O5. The summed E-state index contributed by atoms with van der Waals surface area (Å²) in [6.45, 7) is 29.5. The smallest absolute Gasteiger partial charge is 0.410 e. The molecule has 55 heavy (non-hydrogen) atoms. The summed E-state index contributed by atoms with van der Waals surface area (Å²) in [7, 11) is 3.42. The third-order valence-corrected chi connectivity index (χ3v) is 8.38. The van der Waals surface area contributed by atoms with Crippen LogP contribution in [-0.4, -0.2) is 83.4 Å². The lowest BCUT2D eigenvalue weighted by molar-refractivity contribution is -0.110. The molecule has 1 aliphatic heterocycles. The van der Waals surface area contributed by atoms with E-state index < -0.39 is 5.60 Å². The molecule has 1 saturated heterocycles. The number of rotatable bonds is 10. The normalized spacial score (nSPS) is 19.9. The van der Waals surface area contributed by atoms with Crippen molar-refractivity contribution in [2.45, 2.75) is 125 Å². The van der Waals surface area contributed by atoms with Gasteiger partial charge in [-0.3, -0.25) is 9.79 Å². The number of nitrogens with two attached hydrogens (primary N) is 2. The average molecular weight is 768 g/mol. The van der Waals surface area contributed by atoms with E-state index in [9.17, 15) is 9.59 Å². The summed E-state index contributed by atoms with van der Waals surface area (Å²) < 4.78 is 11.7. The van der Waals surface area contributed by atoms with Crippen LogP contribution in [0.15, 0.2) is 71.5 Å². The Morgan fingerprint density at radius 1 is 1.04 bits per heavy atom. The molecule has 3 atom stereocenters. The Hall–Kier alpha value is -4.32. The summed E-state index contributed by atoms with van der Waals surface area (Å²) in [5.74, 6) is 3.40. The fourth-order valence-corrected chi connectivity index (χ4v) is 5.68. The molecule has 3 unspecified atom stereocenters. The lowest BCUT2D eigenvalue weighted by Crippen LogP contribution is -2.34. The number of hydrogen-bond acceptors (Lipinski definition) is 10. The molecule has 4 rings (SSSR count). The summed E-state index contributed by atoms with van der Waals surface area (Å²) >= 11 is 0. The number of likely N-dealkylation sites (tertiary alicyclic amines) is 1. The Labute approximate surface area is 332 Å². The number of hydrogen-bond donors (Lipinski definition) is 4. The van der Waals surface area contributed by atoms with E-state index in [1.165, 1.54) is 19.3 Å². The van der Waals surface area contributed by atoms with Gasteiger partial charge in [0, 0.05) is 57.1 Å². The van der Waals surface area contributed by atoms with Crippen LogP contribution in [0.3, 0.4) is 0 Å². The fraction of sp³-hybridized carbons (Fsp3) is 0.628. The Morgan fingerprint density at radius 2 is 1.60 bits per heavy atom. The third-order valence-electron chi connectivity index (χ3n) is 8.38. The molecule has 12 heteroatoms. The van der Waals surface area contributed by atoms with Crippen molar-refractivity contribution >= 4 is 24.1 Å². The van der Waals surface area contributed by atoms with Crippen LogP contribution in [0, 0.1) is 23.2 Å². The zero-order valence-corrected chi connectivity index (χ0v) is 35.9. The maximum absolute atomic E-state index is 12.3. The lowest BCUT2D eigenvalue weighted by Gasteiger charge is -2.24. The van der Waals surface area contributed by atoms with Crippen molar-refractivity contribution in [3.63, 3.8) is 0 Å². The SMILES string of the molecule is C=C(OC(=NC)c1ccc(CN(C)C(=O)OC(C)(C)C)cc1)/C(CC1CC1)=N/C(=C\N)N1CC2CCC(N)C2C1.C=CO.CC(C)(C)C.CC(C)(C)NC=O. The molecule has 12 nitrogen and oxygen atoms in total. The van der Waals surface area contributed by atoms with Gasteiger partial charge in [0.05, 0.1) is 12.0 Å². The Morgan fingerprint density at radius 3 is 2.02 bits per heavy atom. The van der Waals surface area contributed by atoms with Gasteiger partial charge in [-0.2, -0.15) is 0 Å². The van der Waals surface area contributed by atoms with Crippen LogP contribution < -0.4 is 16.8 Å².